The fraction of sp³-hybridized carbons (Fsp3) is 0.500. The number of alkyl halides is 2. The molecule has 2 nitrogen and oxygen atoms in total. The minimum atomic E-state index is -2.33. The summed E-state index contributed by atoms with van der Waals surface area (Å²) in [5, 5.41) is 0. The third-order valence-corrected chi connectivity index (χ3v) is 2.62. The number of hydrogen-bond acceptors (Lipinski definition) is 2. The maximum Gasteiger partial charge on any atom is 0.243 e. The van der Waals surface area contributed by atoms with Crippen LogP contribution in [-0.4, -0.2) is 24.5 Å². The first-order chi connectivity index (χ1) is 7.18. The minimum Gasteiger partial charge on any atom is -0.354 e. The Balaban J connectivity index is 2.11. The van der Waals surface area contributed by atoms with Crippen LogP contribution in [0.1, 0.15) is 6.42 Å². The van der Waals surface area contributed by atoms with Gasteiger partial charge in [-0.2, -0.15) is 0 Å². The summed E-state index contributed by atoms with van der Waals surface area (Å²) >= 11 is 0. The van der Waals surface area contributed by atoms with E-state index < -0.39 is 18.2 Å². The normalized spacial score (nSPS) is 21.3. The first-order valence-electron chi connectivity index (χ1n) is 4.82. The van der Waals surface area contributed by atoms with Crippen LogP contribution in [0.2, 0.25) is 0 Å². The van der Waals surface area contributed by atoms with E-state index in [0.717, 1.165) is 0 Å². The van der Waals surface area contributed by atoms with Crippen LogP contribution in [0, 0.1) is 11.7 Å². The number of hydrogen-bond donors (Lipinski definition) is 0. The van der Waals surface area contributed by atoms with E-state index in [4.69, 9.17) is 0 Å². The lowest BCUT2D eigenvalue weighted by atomic mass is 10.1. The Kier molecular flexibility index (Phi) is 2.79. The molecule has 0 spiro atoms. The van der Waals surface area contributed by atoms with E-state index in [1.54, 1.807) is 4.90 Å². The summed E-state index contributed by atoms with van der Waals surface area (Å²) in [6, 6.07) is 2.78. The molecule has 0 saturated carbocycles. The van der Waals surface area contributed by atoms with Gasteiger partial charge in [0.2, 0.25) is 6.43 Å². The molecule has 0 N–H and O–H groups in total. The molecular weight excluding hydrogens is 205 g/mol. The van der Waals surface area contributed by atoms with E-state index in [2.05, 4.69) is 4.98 Å². The van der Waals surface area contributed by atoms with Crippen LogP contribution >= 0.6 is 0 Å². The molecule has 0 amide bonds. The molecule has 1 aromatic rings. The van der Waals surface area contributed by atoms with Gasteiger partial charge in [0.25, 0.3) is 0 Å². The zero-order valence-corrected chi connectivity index (χ0v) is 8.04. The average Bonchev–Trinajstić information content (AvgIpc) is 2.67. The van der Waals surface area contributed by atoms with Crippen molar-refractivity contribution in [2.75, 3.05) is 18.0 Å². The van der Waals surface area contributed by atoms with Gasteiger partial charge in [-0.3, -0.25) is 0 Å². The largest absolute Gasteiger partial charge is 0.354 e. The second-order valence-electron chi connectivity index (χ2n) is 3.64. The van der Waals surface area contributed by atoms with Crippen LogP contribution in [0.25, 0.3) is 0 Å². The van der Waals surface area contributed by atoms with Gasteiger partial charge in [-0.05, 0) is 18.6 Å². The number of aromatic nitrogens is 1. The number of nitrogens with zero attached hydrogens (tertiary/aromatic N) is 2. The van der Waals surface area contributed by atoms with Gasteiger partial charge in [-0.15, -0.1) is 0 Å². The van der Waals surface area contributed by atoms with Gasteiger partial charge in [0.15, 0.2) is 11.6 Å². The van der Waals surface area contributed by atoms with Crippen molar-refractivity contribution < 1.29 is 13.2 Å². The van der Waals surface area contributed by atoms with E-state index in [-0.39, 0.29) is 12.4 Å². The van der Waals surface area contributed by atoms with Crippen molar-refractivity contribution in [3.63, 3.8) is 0 Å². The third-order valence-electron chi connectivity index (χ3n) is 2.62. The minimum absolute atomic E-state index is 0.181. The van der Waals surface area contributed by atoms with Gasteiger partial charge >= 0.3 is 0 Å². The molecule has 15 heavy (non-hydrogen) atoms. The highest BCUT2D eigenvalue weighted by molar-refractivity contribution is 5.40. The highest BCUT2D eigenvalue weighted by Gasteiger charge is 2.31. The Bertz CT molecular complexity index is 343. The molecule has 0 aliphatic carbocycles. The highest BCUT2D eigenvalue weighted by atomic mass is 19.3. The summed E-state index contributed by atoms with van der Waals surface area (Å²) in [5.74, 6) is -0.931. The van der Waals surface area contributed by atoms with Gasteiger partial charge in [-0.1, -0.05) is 0 Å². The predicted octanol–water partition coefficient (Wildman–Crippen LogP) is 2.31. The smallest absolute Gasteiger partial charge is 0.243 e. The van der Waals surface area contributed by atoms with Crippen LogP contribution in [0.3, 0.4) is 0 Å². The van der Waals surface area contributed by atoms with E-state index in [1.807, 2.05) is 0 Å². The molecule has 5 heteroatoms. The lowest BCUT2D eigenvalue weighted by molar-refractivity contribution is 0.0879. The second-order valence-corrected chi connectivity index (χ2v) is 3.64. The summed E-state index contributed by atoms with van der Waals surface area (Å²) in [4.78, 5) is 5.44. The molecule has 0 bridgehead atoms. The molecule has 1 aliphatic rings. The van der Waals surface area contributed by atoms with Crippen LogP contribution in [-0.2, 0) is 0 Å². The molecule has 82 valence electrons. The second kappa shape index (κ2) is 4.08. The molecule has 2 heterocycles. The van der Waals surface area contributed by atoms with Gasteiger partial charge in [0.1, 0.15) is 0 Å². The fourth-order valence-electron chi connectivity index (χ4n) is 1.80. The van der Waals surface area contributed by atoms with Crippen LogP contribution in [0.5, 0.6) is 0 Å². The Labute approximate surface area is 85.7 Å². The highest BCUT2D eigenvalue weighted by Crippen LogP contribution is 2.27. The van der Waals surface area contributed by atoms with E-state index in [0.29, 0.717) is 13.0 Å². The Morgan fingerprint density at radius 3 is 2.87 bits per heavy atom. The number of pyridine rings is 1. The van der Waals surface area contributed by atoms with Crippen molar-refractivity contribution in [1.82, 2.24) is 4.98 Å². The fourth-order valence-corrected chi connectivity index (χ4v) is 1.80. The molecule has 1 saturated heterocycles. The standard InChI is InChI=1S/C10H11F3N2/c11-8-2-1-4-14-10(8)15-5-3-7(6-15)9(12)13/h1-2,4,7,9H,3,5-6H2. The van der Waals surface area contributed by atoms with Crippen molar-refractivity contribution in [2.24, 2.45) is 5.92 Å². The number of anilines is 1. The van der Waals surface area contributed by atoms with Gasteiger partial charge in [0, 0.05) is 25.2 Å². The molecular formula is C10H11F3N2. The van der Waals surface area contributed by atoms with Gasteiger partial charge in [-0.25, -0.2) is 18.2 Å². The molecule has 1 aliphatic heterocycles. The Hall–Kier alpha value is -1.26. The molecule has 0 aromatic carbocycles. The zero-order valence-electron chi connectivity index (χ0n) is 8.04. The van der Waals surface area contributed by atoms with E-state index in [9.17, 15) is 13.2 Å². The first-order valence-corrected chi connectivity index (χ1v) is 4.82. The van der Waals surface area contributed by atoms with Gasteiger partial charge in [0.05, 0.1) is 0 Å². The molecule has 2 rings (SSSR count). The van der Waals surface area contributed by atoms with Crippen molar-refractivity contribution in [3.8, 4) is 0 Å². The number of rotatable bonds is 2. The number of halogens is 3. The maximum atomic E-state index is 13.3. The van der Waals surface area contributed by atoms with Crippen LogP contribution in [0.4, 0.5) is 19.0 Å². The van der Waals surface area contributed by atoms with Crippen molar-refractivity contribution in [1.29, 1.82) is 0 Å². The van der Waals surface area contributed by atoms with E-state index in [1.165, 1.54) is 18.3 Å². The van der Waals surface area contributed by atoms with Crippen molar-refractivity contribution in [3.05, 3.63) is 24.1 Å². The lowest BCUT2D eigenvalue weighted by Gasteiger charge is -2.17. The summed E-state index contributed by atoms with van der Waals surface area (Å²) < 4.78 is 38.1. The van der Waals surface area contributed by atoms with Crippen LogP contribution < -0.4 is 4.90 Å². The first kappa shape index (κ1) is 10.3. The SMILES string of the molecule is Fc1cccnc1N1CCC(C(F)F)C1. The average molecular weight is 216 g/mol. The summed E-state index contributed by atoms with van der Waals surface area (Å²) in [7, 11) is 0. The Morgan fingerprint density at radius 1 is 1.47 bits per heavy atom. The van der Waals surface area contributed by atoms with Gasteiger partial charge < -0.3 is 4.90 Å². The van der Waals surface area contributed by atoms with E-state index >= 15 is 0 Å². The molecule has 1 aromatic heterocycles. The molecule has 1 unspecified atom stereocenters. The topological polar surface area (TPSA) is 16.1 Å². The van der Waals surface area contributed by atoms with Crippen molar-refractivity contribution >= 4 is 5.82 Å². The molecule has 1 fully saturated rings. The van der Waals surface area contributed by atoms with Crippen LogP contribution in [0.15, 0.2) is 18.3 Å². The van der Waals surface area contributed by atoms with Crippen molar-refractivity contribution in [2.45, 2.75) is 12.8 Å². The third kappa shape index (κ3) is 2.06. The quantitative estimate of drug-likeness (QED) is 0.754. The lowest BCUT2D eigenvalue weighted by Crippen LogP contribution is -2.23. The zero-order chi connectivity index (χ0) is 10.8. The monoisotopic (exact) mass is 216 g/mol. The summed E-state index contributed by atoms with van der Waals surface area (Å²) in [6.07, 6.45) is -0.469. The summed E-state index contributed by atoms with van der Waals surface area (Å²) in [6.45, 7) is 0.633. The maximum absolute atomic E-state index is 13.3. The Morgan fingerprint density at radius 2 is 2.27 bits per heavy atom. The predicted molar refractivity (Wildman–Crippen MR) is 50.5 cm³/mol. The molecule has 0 radical (unpaired) electrons. The molecule has 1 atom stereocenters. The summed E-state index contributed by atoms with van der Waals surface area (Å²) in [5.41, 5.74) is 0.